The summed E-state index contributed by atoms with van der Waals surface area (Å²) in [4.78, 5) is 13.2. The van der Waals surface area contributed by atoms with Crippen LogP contribution in [0.5, 0.6) is 5.75 Å². The Balaban J connectivity index is 2.19. The maximum atomic E-state index is 11.4. The highest BCUT2D eigenvalue weighted by molar-refractivity contribution is 7.49. The summed E-state index contributed by atoms with van der Waals surface area (Å²) in [5.74, 6) is 0.975. The molecule has 0 radical (unpaired) electrons. The third-order valence-corrected chi connectivity index (χ3v) is 4.00. The largest absolute Gasteiger partial charge is 0.459 e. The molecule has 1 N–H and O–H groups in total. The standard InChI is InChI=1S/C12H17N2O2P/c1-9(15)14-7-6-10-8-11(4-5-12(10)14)16-17(3)13-2/h4-5,8,13H,6-7H2,1-3H3. The van der Waals surface area contributed by atoms with Gasteiger partial charge in [0, 0.05) is 25.8 Å². The van der Waals surface area contributed by atoms with E-state index >= 15 is 0 Å². The van der Waals surface area contributed by atoms with Crippen LogP contribution in [0, 0.1) is 0 Å². The van der Waals surface area contributed by atoms with Gasteiger partial charge in [-0.3, -0.25) is 9.88 Å². The fourth-order valence-electron chi connectivity index (χ4n) is 1.97. The Morgan fingerprint density at radius 3 is 2.94 bits per heavy atom. The van der Waals surface area contributed by atoms with Crippen LogP contribution in [0.4, 0.5) is 5.69 Å². The number of benzene rings is 1. The minimum Gasteiger partial charge on any atom is -0.459 e. The molecule has 0 fully saturated rings. The first-order valence-corrected chi connectivity index (χ1v) is 7.32. The van der Waals surface area contributed by atoms with Crippen LogP contribution in [-0.2, 0) is 11.2 Å². The molecule has 0 aromatic heterocycles. The monoisotopic (exact) mass is 252 g/mol. The number of rotatable bonds is 3. The van der Waals surface area contributed by atoms with Gasteiger partial charge in [-0.2, -0.15) is 0 Å². The summed E-state index contributed by atoms with van der Waals surface area (Å²) in [5, 5.41) is 3.09. The minimum atomic E-state index is -0.615. The second-order valence-electron chi connectivity index (χ2n) is 4.02. The molecule has 1 aromatic rings. The van der Waals surface area contributed by atoms with Crippen LogP contribution >= 0.6 is 8.30 Å². The summed E-state index contributed by atoms with van der Waals surface area (Å²) in [7, 11) is 1.27. The second kappa shape index (κ2) is 5.03. The van der Waals surface area contributed by atoms with Crippen molar-refractivity contribution in [2.24, 2.45) is 0 Å². The Bertz CT molecular complexity index is 437. The third kappa shape index (κ3) is 2.59. The highest BCUT2D eigenvalue weighted by atomic mass is 31.2. The summed E-state index contributed by atoms with van der Waals surface area (Å²) in [6.07, 6.45) is 0.910. The molecular formula is C12H17N2O2P. The molecule has 92 valence electrons. The number of carbonyl (C=O) groups is 1. The van der Waals surface area contributed by atoms with Crippen LogP contribution in [-0.4, -0.2) is 26.2 Å². The Kier molecular flexibility index (Phi) is 3.65. The van der Waals surface area contributed by atoms with Crippen molar-refractivity contribution in [3.8, 4) is 5.75 Å². The summed E-state index contributed by atoms with van der Waals surface area (Å²) < 4.78 is 5.73. The fourth-order valence-corrected chi connectivity index (χ4v) is 2.49. The minimum absolute atomic E-state index is 0.102. The maximum absolute atomic E-state index is 11.4. The van der Waals surface area contributed by atoms with Crippen LogP contribution in [0.2, 0.25) is 0 Å². The van der Waals surface area contributed by atoms with E-state index in [1.165, 1.54) is 5.56 Å². The van der Waals surface area contributed by atoms with Gasteiger partial charge in [0.2, 0.25) is 5.91 Å². The van der Waals surface area contributed by atoms with E-state index in [0.717, 1.165) is 24.4 Å². The Morgan fingerprint density at radius 1 is 1.53 bits per heavy atom. The zero-order chi connectivity index (χ0) is 12.4. The molecule has 1 amide bonds. The summed E-state index contributed by atoms with van der Waals surface area (Å²) >= 11 is 0. The highest BCUT2D eigenvalue weighted by Gasteiger charge is 2.22. The van der Waals surface area contributed by atoms with Crippen molar-refractivity contribution in [2.75, 3.05) is 25.2 Å². The molecule has 0 spiro atoms. The summed E-state index contributed by atoms with van der Waals surface area (Å²) in [5.41, 5.74) is 2.21. The molecule has 1 atom stereocenters. The Morgan fingerprint density at radius 2 is 2.29 bits per heavy atom. The van der Waals surface area contributed by atoms with E-state index in [-0.39, 0.29) is 5.91 Å². The SMILES string of the molecule is CNP(C)Oc1ccc2c(c1)CCN2C(C)=O. The molecule has 0 aliphatic carbocycles. The van der Waals surface area contributed by atoms with Crippen molar-refractivity contribution in [2.45, 2.75) is 13.3 Å². The number of fused-ring (bicyclic) bond motifs is 1. The quantitative estimate of drug-likeness (QED) is 0.838. The first kappa shape index (κ1) is 12.3. The van der Waals surface area contributed by atoms with E-state index in [0.29, 0.717) is 0 Å². The molecule has 1 aromatic carbocycles. The second-order valence-corrected chi connectivity index (χ2v) is 5.65. The van der Waals surface area contributed by atoms with Crippen molar-refractivity contribution >= 4 is 19.9 Å². The van der Waals surface area contributed by atoms with Gasteiger partial charge in [-0.25, -0.2) is 0 Å². The van der Waals surface area contributed by atoms with Crippen LogP contribution in [0.15, 0.2) is 18.2 Å². The number of nitrogens with one attached hydrogen (secondary N) is 1. The molecule has 1 aliphatic rings. The van der Waals surface area contributed by atoms with Crippen LogP contribution < -0.4 is 14.5 Å². The number of carbonyl (C=O) groups excluding carboxylic acids is 1. The van der Waals surface area contributed by atoms with E-state index in [9.17, 15) is 4.79 Å². The van der Waals surface area contributed by atoms with E-state index < -0.39 is 8.30 Å². The zero-order valence-corrected chi connectivity index (χ0v) is 11.3. The number of hydrogen-bond acceptors (Lipinski definition) is 3. The van der Waals surface area contributed by atoms with Gasteiger partial charge in [0.25, 0.3) is 0 Å². The van der Waals surface area contributed by atoms with Crippen LogP contribution in [0.3, 0.4) is 0 Å². The lowest BCUT2D eigenvalue weighted by Gasteiger charge is -2.16. The van der Waals surface area contributed by atoms with Gasteiger partial charge < -0.3 is 9.42 Å². The van der Waals surface area contributed by atoms with E-state index in [1.54, 1.807) is 6.92 Å². The van der Waals surface area contributed by atoms with Gasteiger partial charge in [-0.15, -0.1) is 0 Å². The predicted molar refractivity (Wildman–Crippen MR) is 70.7 cm³/mol. The predicted octanol–water partition coefficient (Wildman–Crippen LogP) is 2.14. The van der Waals surface area contributed by atoms with Gasteiger partial charge in [0.05, 0.1) is 0 Å². The van der Waals surface area contributed by atoms with E-state index in [4.69, 9.17) is 4.52 Å². The molecule has 0 saturated carbocycles. The van der Waals surface area contributed by atoms with Gasteiger partial charge >= 0.3 is 0 Å². The highest BCUT2D eigenvalue weighted by Crippen LogP contribution is 2.35. The fraction of sp³-hybridized carbons (Fsp3) is 0.417. The van der Waals surface area contributed by atoms with Crippen molar-refractivity contribution < 1.29 is 9.32 Å². The van der Waals surface area contributed by atoms with Gasteiger partial charge in [-0.05, 0) is 37.2 Å². The lowest BCUT2D eigenvalue weighted by molar-refractivity contribution is -0.116. The average molecular weight is 252 g/mol. The Labute approximate surface area is 103 Å². The van der Waals surface area contributed by atoms with Crippen molar-refractivity contribution in [1.29, 1.82) is 0 Å². The van der Waals surface area contributed by atoms with Gasteiger partial charge in [0.1, 0.15) is 5.75 Å². The van der Waals surface area contributed by atoms with Crippen molar-refractivity contribution in [3.63, 3.8) is 0 Å². The number of nitrogens with zero attached hydrogens (tertiary/aromatic N) is 1. The Hall–Kier alpha value is -1.12. The van der Waals surface area contributed by atoms with Crippen molar-refractivity contribution in [3.05, 3.63) is 23.8 Å². The van der Waals surface area contributed by atoms with Gasteiger partial charge in [-0.1, -0.05) is 0 Å². The molecule has 2 rings (SSSR count). The molecule has 1 unspecified atom stereocenters. The topological polar surface area (TPSA) is 41.6 Å². The normalized spacial score (nSPS) is 15.6. The third-order valence-electron chi connectivity index (χ3n) is 2.88. The first-order valence-electron chi connectivity index (χ1n) is 5.62. The summed E-state index contributed by atoms with van der Waals surface area (Å²) in [6, 6.07) is 5.93. The molecule has 4 nitrogen and oxygen atoms in total. The lowest BCUT2D eigenvalue weighted by atomic mass is 10.1. The summed E-state index contributed by atoms with van der Waals surface area (Å²) in [6.45, 7) is 4.40. The van der Waals surface area contributed by atoms with Crippen LogP contribution in [0.1, 0.15) is 12.5 Å². The van der Waals surface area contributed by atoms with E-state index in [1.807, 2.05) is 36.8 Å². The molecule has 5 heteroatoms. The van der Waals surface area contributed by atoms with Gasteiger partial charge in [0.15, 0.2) is 8.30 Å². The zero-order valence-electron chi connectivity index (χ0n) is 10.4. The maximum Gasteiger partial charge on any atom is 0.223 e. The average Bonchev–Trinajstić information content (AvgIpc) is 2.71. The van der Waals surface area contributed by atoms with Crippen LogP contribution in [0.25, 0.3) is 0 Å². The number of anilines is 1. The smallest absolute Gasteiger partial charge is 0.223 e. The first-order chi connectivity index (χ1) is 8.11. The molecule has 1 aliphatic heterocycles. The number of hydrogen-bond donors (Lipinski definition) is 1. The molecular weight excluding hydrogens is 235 g/mol. The van der Waals surface area contributed by atoms with E-state index in [2.05, 4.69) is 5.09 Å². The van der Waals surface area contributed by atoms with Crippen molar-refractivity contribution in [1.82, 2.24) is 5.09 Å². The molecule has 0 saturated heterocycles. The molecule has 0 bridgehead atoms. The lowest BCUT2D eigenvalue weighted by Crippen LogP contribution is -2.25. The molecule has 1 heterocycles. The number of amides is 1. The molecule has 17 heavy (non-hydrogen) atoms.